The molecule has 0 aliphatic carbocycles. The van der Waals surface area contributed by atoms with E-state index in [2.05, 4.69) is 0 Å². The quantitative estimate of drug-likeness (QED) is 0.897. The normalized spacial score (nSPS) is 12.8. The van der Waals surface area contributed by atoms with Gasteiger partial charge in [0.25, 0.3) is 0 Å². The highest BCUT2D eigenvalue weighted by molar-refractivity contribution is 5.79. The van der Waals surface area contributed by atoms with Gasteiger partial charge in [-0.1, -0.05) is 0 Å². The molecule has 5 nitrogen and oxygen atoms in total. The van der Waals surface area contributed by atoms with Gasteiger partial charge in [0, 0.05) is 5.39 Å². The van der Waals surface area contributed by atoms with Gasteiger partial charge < -0.3 is 14.3 Å². The van der Waals surface area contributed by atoms with Crippen LogP contribution in [0.15, 0.2) is 28.7 Å². The molecule has 1 unspecified atom stereocenters. The molecular weight excluding hydrogens is 246 g/mol. The number of carbonyl (C=O) groups is 1. The van der Waals surface area contributed by atoms with E-state index in [-0.39, 0.29) is 0 Å². The minimum Gasteiger partial charge on any atom is -0.497 e. The second kappa shape index (κ2) is 5.32. The third kappa shape index (κ3) is 2.88. The van der Waals surface area contributed by atoms with Crippen LogP contribution in [0.4, 0.5) is 0 Å². The molecule has 19 heavy (non-hydrogen) atoms. The van der Waals surface area contributed by atoms with Crippen molar-refractivity contribution in [1.82, 2.24) is 4.90 Å². The molecular formula is C14H17NO4. The number of carboxylic acids is 1. The number of likely N-dealkylation sites (N-methyl/N-ethyl adjacent to an activating group) is 1. The zero-order valence-corrected chi connectivity index (χ0v) is 11.2. The fourth-order valence-electron chi connectivity index (χ4n) is 1.85. The summed E-state index contributed by atoms with van der Waals surface area (Å²) in [5, 5.41) is 9.90. The van der Waals surface area contributed by atoms with Crippen molar-refractivity contribution in [2.75, 3.05) is 14.2 Å². The van der Waals surface area contributed by atoms with Crippen molar-refractivity contribution in [2.24, 2.45) is 0 Å². The minimum atomic E-state index is -0.847. The SMILES string of the molecule is COc1ccc2oc(CN(C)C(C)C(=O)O)cc2c1. The average molecular weight is 263 g/mol. The second-order valence-electron chi connectivity index (χ2n) is 4.55. The van der Waals surface area contributed by atoms with Gasteiger partial charge in [0.1, 0.15) is 23.1 Å². The Labute approximate surface area is 111 Å². The van der Waals surface area contributed by atoms with E-state index in [0.717, 1.165) is 22.5 Å². The summed E-state index contributed by atoms with van der Waals surface area (Å²) in [4.78, 5) is 12.6. The fourth-order valence-corrected chi connectivity index (χ4v) is 1.85. The molecule has 0 aliphatic heterocycles. The number of aliphatic carboxylic acids is 1. The molecule has 5 heteroatoms. The van der Waals surface area contributed by atoms with Crippen molar-refractivity contribution in [2.45, 2.75) is 19.5 Å². The zero-order chi connectivity index (χ0) is 14.0. The molecule has 1 aromatic heterocycles. The molecule has 1 N–H and O–H groups in total. The van der Waals surface area contributed by atoms with Crippen LogP contribution in [0.3, 0.4) is 0 Å². The molecule has 0 bridgehead atoms. The van der Waals surface area contributed by atoms with Gasteiger partial charge in [0.05, 0.1) is 13.7 Å². The Balaban J connectivity index is 2.19. The number of hydrogen-bond donors (Lipinski definition) is 1. The van der Waals surface area contributed by atoms with Gasteiger partial charge >= 0.3 is 5.97 Å². The lowest BCUT2D eigenvalue weighted by atomic mass is 10.2. The first-order valence-corrected chi connectivity index (χ1v) is 6.00. The molecule has 102 valence electrons. The number of carboxylic acid groups (broad SMARTS) is 1. The van der Waals surface area contributed by atoms with E-state index in [1.807, 2.05) is 24.3 Å². The van der Waals surface area contributed by atoms with Crippen LogP contribution >= 0.6 is 0 Å². The van der Waals surface area contributed by atoms with E-state index in [0.29, 0.717) is 6.54 Å². The number of benzene rings is 1. The Morgan fingerprint density at radius 2 is 2.21 bits per heavy atom. The van der Waals surface area contributed by atoms with E-state index >= 15 is 0 Å². The number of furan rings is 1. The van der Waals surface area contributed by atoms with Crippen LogP contribution in [0.2, 0.25) is 0 Å². The predicted molar refractivity (Wildman–Crippen MR) is 71.3 cm³/mol. The molecule has 0 aliphatic rings. The van der Waals surface area contributed by atoms with Crippen molar-refractivity contribution in [3.8, 4) is 5.75 Å². The summed E-state index contributed by atoms with van der Waals surface area (Å²) in [6, 6.07) is 6.92. The Kier molecular flexibility index (Phi) is 3.76. The Morgan fingerprint density at radius 1 is 1.47 bits per heavy atom. The number of nitrogens with zero attached hydrogens (tertiary/aromatic N) is 1. The lowest BCUT2D eigenvalue weighted by Gasteiger charge is -2.19. The van der Waals surface area contributed by atoms with Crippen molar-refractivity contribution < 1.29 is 19.1 Å². The Bertz CT molecular complexity index is 590. The maximum Gasteiger partial charge on any atom is 0.320 e. The summed E-state index contributed by atoms with van der Waals surface area (Å²) >= 11 is 0. The Hall–Kier alpha value is -2.01. The van der Waals surface area contributed by atoms with Crippen LogP contribution in [0.5, 0.6) is 5.75 Å². The van der Waals surface area contributed by atoms with Gasteiger partial charge in [-0.05, 0) is 38.2 Å². The molecule has 0 saturated carbocycles. The van der Waals surface area contributed by atoms with E-state index in [1.165, 1.54) is 0 Å². The standard InChI is InChI=1S/C14H17NO4/c1-9(14(16)17)15(2)8-12-7-10-6-11(18-3)4-5-13(10)19-12/h4-7,9H,8H2,1-3H3,(H,16,17). The number of fused-ring (bicyclic) bond motifs is 1. The summed E-state index contributed by atoms with van der Waals surface area (Å²) in [6.45, 7) is 2.10. The first kappa shape index (κ1) is 13.4. The average Bonchev–Trinajstić information content (AvgIpc) is 2.78. The van der Waals surface area contributed by atoms with Gasteiger partial charge in [0.15, 0.2) is 0 Å². The highest BCUT2D eigenvalue weighted by Gasteiger charge is 2.18. The van der Waals surface area contributed by atoms with E-state index < -0.39 is 12.0 Å². The highest BCUT2D eigenvalue weighted by atomic mass is 16.5. The third-order valence-corrected chi connectivity index (χ3v) is 3.20. The number of methoxy groups -OCH3 is 1. The second-order valence-corrected chi connectivity index (χ2v) is 4.55. The number of hydrogen-bond acceptors (Lipinski definition) is 4. The smallest absolute Gasteiger partial charge is 0.320 e. The molecule has 0 spiro atoms. The van der Waals surface area contributed by atoms with Crippen molar-refractivity contribution in [1.29, 1.82) is 0 Å². The summed E-state index contributed by atoms with van der Waals surface area (Å²) in [5.74, 6) is 0.659. The molecule has 1 heterocycles. The van der Waals surface area contributed by atoms with Crippen LogP contribution < -0.4 is 4.74 Å². The third-order valence-electron chi connectivity index (χ3n) is 3.20. The fraction of sp³-hybridized carbons (Fsp3) is 0.357. The van der Waals surface area contributed by atoms with Crippen molar-refractivity contribution in [3.05, 3.63) is 30.0 Å². The number of rotatable bonds is 5. The predicted octanol–water partition coefficient (Wildman–Crippen LogP) is 2.35. The number of ether oxygens (including phenoxy) is 1. The zero-order valence-electron chi connectivity index (χ0n) is 11.2. The van der Waals surface area contributed by atoms with Crippen LogP contribution in [0, 0.1) is 0 Å². The van der Waals surface area contributed by atoms with Crippen LogP contribution in [-0.2, 0) is 11.3 Å². The maximum absolute atomic E-state index is 10.9. The van der Waals surface area contributed by atoms with E-state index in [1.54, 1.807) is 26.0 Å². The first-order chi connectivity index (χ1) is 9.01. The summed E-state index contributed by atoms with van der Waals surface area (Å²) in [5.41, 5.74) is 0.771. The highest BCUT2D eigenvalue weighted by Crippen LogP contribution is 2.24. The molecule has 0 saturated heterocycles. The first-order valence-electron chi connectivity index (χ1n) is 6.00. The topological polar surface area (TPSA) is 62.9 Å². The molecule has 0 amide bonds. The van der Waals surface area contributed by atoms with Crippen LogP contribution in [-0.4, -0.2) is 36.2 Å². The van der Waals surface area contributed by atoms with Gasteiger partial charge in [-0.3, -0.25) is 9.69 Å². The van der Waals surface area contributed by atoms with Crippen molar-refractivity contribution >= 4 is 16.9 Å². The lowest BCUT2D eigenvalue weighted by molar-refractivity contribution is -0.142. The van der Waals surface area contributed by atoms with Crippen LogP contribution in [0.1, 0.15) is 12.7 Å². The van der Waals surface area contributed by atoms with E-state index in [4.69, 9.17) is 14.3 Å². The molecule has 2 rings (SSSR count). The Morgan fingerprint density at radius 3 is 2.84 bits per heavy atom. The van der Waals surface area contributed by atoms with Gasteiger partial charge in [-0.15, -0.1) is 0 Å². The van der Waals surface area contributed by atoms with Gasteiger partial charge in [-0.2, -0.15) is 0 Å². The monoisotopic (exact) mass is 263 g/mol. The molecule has 1 atom stereocenters. The molecule has 0 radical (unpaired) electrons. The summed E-state index contributed by atoms with van der Waals surface area (Å²) < 4.78 is 10.8. The summed E-state index contributed by atoms with van der Waals surface area (Å²) in [6.07, 6.45) is 0. The molecule has 1 aromatic carbocycles. The van der Waals surface area contributed by atoms with Gasteiger partial charge in [-0.25, -0.2) is 0 Å². The van der Waals surface area contributed by atoms with Crippen LogP contribution in [0.25, 0.3) is 11.0 Å². The van der Waals surface area contributed by atoms with Crippen molar-refractivity contribution in [3.63, 3.8) is 0 Å². The lowest BCUT2D eigenvalue weighted by Crippen LogP contribution is -2.35. The van der Waals surface area contributed by atoms with E-state index in [9.17, 15) is 4.79 Å². The summed E-state index contributed by atoms with van der Waals surface area (Å²) in [7, 11) is 3.37. The minimum absolute atomic E-state index is 0.449. The molecule has 0 fully saturated rings. The van der Waals surface area contributed by atoms with Gasteiger partial charge in [0.2, 0.25) is 0 Å². The molecule has 2 aromatic rings. The maximum atomic E-state index is 10.9. The largest absolute Gasteiger partial charge is 0.497 e.